The summed E-state index contributed by atoms with van der Waals surface area (Å²) in [5, 5.41) is 12.0. The topological polar surface area (TPSA) is 115 Å². The monoisotopic (exact) mass is 461 g/mol. The molecule has 10 heteroatoms. The molecule has 2 fully saturated rings. The van der Waals surface area contributed by atoms with Crippen molar-refractivity contribution in [2.75, 3.05) is 50.7 Å². The zero-order valence-electron chi connectivity index (χ0n) is 19.7. The number of piperazine rings is 1. The Hall–Kier alpha value is -2.88. The number of anilines is 1. The zero-order valence-corrected chi connectivity index (χ0v) is 19.7. The number of piperidine rings is 1. The highest BCUT2D eigenvalue weighted by Gasteiger charge is 2.26. The minimum atomic E-state index is -1.03. The largest absolute Gasteiger partial charge is 0.477 e. The van der Waals surface area contributed by atoms with Gasteiger partial charge in [0.1, 0.15) is 11.3 Å². The van der Waals surface area contributed by atoms with Crippen molar-refractivity contribution in [2.24, 2.45) is 0 Å². The Morgan fingerprint density at radius 3 is 2.39 bits per heavy atom. The van der Waals surface area contributed by atoms with Gasteiger partial charge in [-0.3, -0.25) is 9.69 Å². The number of aromatic carboxylic acids is 1. The maximum Gasteiger partial charge on any atom is 0.407 e. The molecule has 2 aliphatic rings. The highest BCUT2D eigenvalue weighted by molar-refractivity contribution is 5.86. The van der Waals surface area contributed by atoms with Crippen LogP contribution in [0.1, 0.15) is 50.5 Å². The average molecular weight is 462 g/mol. The molecular formula is C23H35N5O5. The number of amides is 2. The number of carbonyl (C=O) groups is 3. The molecule has 3 rings (SSSR count). The average Bonchev–Trinajstić information content (AvgIpc) is 2.77. The number of aromatic nitrogens is 1. The Balaban J connectivity index is 1.35. The summed E-state index contributed by atoms with van der Waals surface area (Å²) in [7, 11) is 0. The summed E-state index contributed by atoms with van der Waals surface area (Å²) in [6.07, 6.45) is 3.05. The summed E-state index contributed by atoms with van der Waals surface area (Å²) in [5.41, 5.74) is 0.387. The Bertz CT molecular complexity index is 840. The molecule has 2 amide bonds. The van der Waals surface area contributed by atoms with Crippen LogP contribution in [0.2, 0.25) is 0 Å². The lowest BCUT2D eigenvalue weighted by atomic mass is 10.0. The molecule has 1 aromatic heterocycles. The van der Waals surface area contributed by atoms with E-state index < -0.39 is 17.7 Å². The molecule has 182 valence electrons. The fourth-order valence-corrected chi connectivity index (χ4v) is 4.12. The number of ether oxygens (including phenoxy) is 1. The second-order valence-corrected chi connectivity index (χ2v) is 9.58. The van der Waals surface area contributed by atoms with Gasteiger partial charge in [0, 0.05) is 70.2 Å². The van der Waals surface area contributed by atoms with Crippen molar-refractivity contribution < 1.29 is 24.2 Å². The van der Waals surface area contributed by atoms with Crippen molar-refractivity contribution in [3.8, 4) is 0 Å². The van der Waals surface area contributed by atoms with Crippen LogP contribution in [0.4, 0.5) is 10.5 Å². The molecule has 0 radical (unpaired) electrons. The third-order valence-electron chi connectivity index (χ3n) is 5.91. The van der Waals surface area contributed by atoms with Crippen molar-refractivity contribution in [1.29, 1.82) is 0 Å². The molecule has 0 unspecified atom stereocenters. The first-order valence-electron chi connectivity index (χ1n) is 11.5. The molecule has 10 nitrogen and oxygen atoms in total. The van der Waals surface area contributed by atoms with Gasteiger partial charge in [-0.25, -0.2) is 14.6 Å². The fourth-order valence-electron chi connectivity index (χ4n) is 4.12. The SMILES string of the molecule is CC(C)(C)OC(=O)NC1CCN(C(=O)CCN2CCN(c3ccnc(C(=O)O)c3)CC2)CC1. The van der Waals surface area contributed by atoms with Gasteiger partial charge in [-0.15, -0.1) is 0 Å². The quantitative estimate of drug-likeness (QED) is 0.659. The second-order valence-electron chi connectivity index (χ2n) is 9.58. The van der Waals surface area contributed by atoms with Crippen LogP contribution in [0.25, 0.3) is 0 Å². The number of nitrogens with one attached hydrogen (secondary N) is 1. The van der Waals surface area contributed by atoms with E-state index in [0.717, 1.165) is 44.7 Å². The van der Waals surface area contributed by atoms with Crippen LogP contribution in [0.15, 0.2) is 18.3 Å². The molecule has 0 saturated carbocycles. The molecule has 1 aromatic rings. The van der Waals surface area contributed by atoms with Crippen molar-refractivity contribution in [3.63, 3.8) is 0 Å². The van der Waals surface area contributed by atoms with Gasteiger partial charge in [0.2, 0.25) is 5.91 Å². The van der Waals surface area contributed by atoms with Gasteiger partial charge in [-0.1, -0.05) is 0 Å². The number of pyridine rings is 1. The van der Waals surface area contributed by atoms with Crippen LogP contribution in [0.5, 0.6) is 0 Å². The smallest absolute Gasteiger partial charge is 0.407 e. The predicted octanol–water partition coefficient (Wildman–Crippen LogP) is 1.81. The number of likely N-dealkylation sites (tertiary alicyclic amines) is 1. The molecule has 0 bridgehead atoms. The summed E-state index contributed by atoms with van der Waals surface area (Å²) in [6.45, 7) is 10.7. The summed E-state index contributed by atoms with van der Waals surface area (Å²) >= 11 is 0. The number of carboxylic acid groups (broad SMARTS) is 1. The number of carboxylic acids is 1. The summed E-state index contributed by atoms with van der Waals surface area (Å²) in [5.74, 6) is -0.882. The summed E-state index contributed by atoms with van der Waals surface area (Å²) in [6, 6.07) is 3.46. The number of nitrogens with zero attached hydrogens (tertiary/aromatic N) is 4. The van der Waals surface area contributed by atoms with Crippen molar-refractivity contribution in [1.82, 2.24) is 20.1 Å². The lowest BCUT2D eigenvalue weighted by Gasteiger charge is -2.37. The first kappa shape index (κ1) is 24.8. The molecule has 0 aromatic carbocycles. The lowest BCUT2D eigenvalue weighted by molar-refractivity contribution is -0.132. The molecule has 33 heavy (non-hydrogen) atoms. The second kappa shape index (κ2) is 10.8. The van der Waals surface area contributed by atoms with Crippen molar-refractivity contribution >= 4 is 23.7 Å². The van der Waals surface area contributed by atoms with E-state index in [-0.39, 0.29) is 17.6 Å². The molecule has 2 N–H and O–H groups in total. The third kappa shape index (κ3) is 7.59. The van der Waals surface area contributed by atoms with E-state index in [4.69, 9.17) is 9.84 Å². The van der Waals surface area contributed by atoms with Crippen LogP contribution < -0.4 is 10.2 Å². The van der Waals surface area contributed by atoms with Gasteiger partial charge in [-0.2, -0.15) is 0 Å². The number of alkyl carbamates (subject to hydrolysis) is 1. The molecule has 0 atom stereocenters. The van der Waals surface area contributed by atoms with Gasteiger partial charge in [-0.05, 0) is 45.7 Å². The fraction of sp³-hybridized carbons (Fsp3) is 0.652. The van der Waals surface area contributed by atoms with E-state index in [1.165, 1.54) is 6.20 Å². The Labute approximate surface area is 194 Å². The third-order valence-corrected chi connectivity index (χ3v) is 5.91. The normalized spacial score (nSPS) is 18.2. The van der Waals surface area contributed by atoms with E-state index in [2.05, 4.69) is 20.1 Å². The van der Waals surface area contributed by atoms with Crippen LogP contribution in [-0.4, -0.2) is 95.3 Å². The van der Waals surface area contributed by atoms with Crippen LogP contribution in [0, 0.1) is 0 Å². The molecule has 3 heterocycles. The van der Waals surface area contributed by atoms with Crippen LogP contribution >= 0.6 is 0 Å². The minimum Gasteiger partial charge on any atom is -0.477 e. The lowest BCUT2D eigenvalue weighted by Crippen LogP contribution is -2.49. The predicted molar refractivity (Wildman–Crippen MR) is 123 cm³/mol. The van der Waals surface area contributed by atoms with E-state index in [9.17, 15) is 14.4 Å². The van der Waals surface area contributed by atoms with E-state index >= 15 is 0 Å². The molecule has 2 saturated heterocycles. The zero-order chi connectivity index (χ0) is 24.0. The molecule has 0 aliphatic carbocycles. The molecule has 2 aliphatic heterocycles. The number of hydrogen-bond donors (Lipinski definition) is 2. The summed E-state index contributed by atoms with van der Waals surface area (Å²) < 4.78 is 5.30. The van der Waals surface area contributed by atoms with E-state index in [1.54, 1.807) is 6.07 Å². The summed E-state index contributed by atoms with van der Waals surface area (Å²) in [4.78, 5) is 45.9. The van der Waals surface area contributed by atoms with Gasteiger partial charge >= 0.3 is 12.1 Å². The maximum atomic E-state index is 12.7. The van der Waals surface area contributed by atoms with Crippen molar-refractivity contribution in [2.45, 2.75) is 51.7 Å². The number of carbonyl (C=O) groups excluding carboxylic acids is 2. The van der Waals surface area contributed by atoms with Crippen LogP contribution in [-0.2, 0) is 9.53 Å². The standard InChI is InChI=1S/C23H35N5O5/c1-23(2,3)33-22(32)25-17-5-10-28(11-6-17)20(29)7-9-26-12-14-27(15-13-26)18-4-8-24-19(16-18)21(30)31/h4,8,16-17H,5-7,9-15H2,1-3H3,(H,25,32)(H,30,31). The highest BCUT2D eigenvalue weighted by Crippen LogP contribution is 2.18. The Kier molecular flexibility index (Phi) is 8.12. The van der Waals surface area contributed by atoms with E-state index in [1.807, 2.05) is 31.7 Å². The number of hydrogen-bond acceptors (Lipinski definition) is 7. The van der Waals surface area contributed by atoms with Crippen LogP contribution in [0.3, 0.4) is 0 Å². The Morgan fingerprint density at radius 2 is 1.79 bits per heavy atom. The molecular weight excluding hydrogens is 426 g/mol. The maximum absolute atomic E-state index is 12.7. The van der Waals surface area contributed by atoms with Gasteiger partial charge in [0.15, 0.2) is 0 Å². The first-order chi connectivity index (χ1) is 15.6. The highest BCUT2D eigenvalue weighted by atomic mass is 16.6. The van der Waals surface area contributed by atoms with E-state index in [0.29, 0.717) is 26.1 Å². The van der Waals surface area contributed by atoms with Gasteiger partial charge in [0.05, 0.1) is 0 Å². The number of rotatable bonds is 6. The van der Waals surface area contributed by atoms with Gasteiger partial charge < -0.3 is 25.0 Å². The first-order valence-corrected chi connectivity index (χ1v) is 11.5. The Morgan fingerprint density at radius 1 is 1.12 bits per heavy atom. The minimum absolute atomic E-state index is 0.0341. The molecule has 0 spiro atoms. The van der Waals surface area contributed by atoms with Gasteiger partial charge in [0.25, 0.3) is 0 Å². The van der Waals surface area contributed by atoms with Crippen molar-refractivity contribution in [3.05, 3.63) is 24.0 Å².